The fourth-order valence-electron chi connectivity index (χ4n) is 2.78. The van der Waals surface area contributed by atoms with Gasteiger partial charge >= 0.3 is 0 Å². The Labute approximate surface area is 156 Å². The number of rotatable bonds is 7. The van der Waals surface area contributed by atoms with E-state index in [1.54, 1.807) is 12.1 Å². The van der Waals surface area contributed by atoms with Crippen molar-refractivity contribution in [2.45, 2.75) is 20.1 Å². The predicted molar refractivity (Wildman–Crippen MR) is 102 cm³/mol. The molecule has 7 heteroatoms. The maximum atomic E-state index is 11.0. The van der Waals surface area contributed by atoms with Crippen LogP contribution < -0.4 is 5.32 Å². The van der Waals surface area contributed by atoms with E-state index < -0.39 is 4.92 Å². The highest BCUT2D eigenvalue weighted by atomic mass is 16.6. The van der Waals surface area contributed by atoms with E-state index in [-0.39, 0.29) is 5.69 Å². The molecule has 0 saturated heterocycles. The maximum Gasteiger partial charge on any atom is 0.270 e. The van der Waals surface area contributed by atoms with Gasteiger partial charge < -0.3 is 10.1 Å². The van der Waals surface area contributed by atoms with Crippen molar-refractivity contribution in [3.63, 3.8) is 0 Å². The molecule has 0 radical (unpaired) electrons. The lowest BCUT2D eigenvalue weighted by atomic mass is 10.1. The number of nitriles is 1. The van der Waals surface area contributed by atoms with Crippen LogP contribution in [0.25, 0.3) is 10.9 Å². The molecule has 0 atom stereocenters. The smallest absolute Gasteiger partial charge is 0.270 e. The van der Waals surface area contributed by atoms with Crippen LogP contribution in [0.1, 0.15) is 23.6 Å². The monoisotopic (exact) mass is 362 g/mol. The molecule has 0 unspecified atom stereocenters. The van der Waals surface area contributed by atoms with Crippen molar-refractivity contribution in [3.05, 3.63) is 75.3 Å². The Hall–Kier alpha value is -3.50. The SMILES string of the molecule is CCOCc1ccccc1CNc1cc(C#N)c2cc([N+](=O)[O-])ccc2n1. The molecule has 0 fully saturated rings. The van der Waals surface area contributed by atoms with Crippen LogP contribution in [0, 0.1) is 21.4 Å². The van der Waals surface area contributed by atoms with Gasteiger partial charge in [0.2, 0.25) is 0 Å². The van der Waals surface area contributed by atoms with E-state index in [0.717, 1.165) is 11.1 Å². The van der Waals surface area contributed by atoms with Gasteiger partial charge in [-0.3, -0.25) is 10.1 Å². The molecule has 136 valence electrons. The minimum Gasteiger partial charge on any atom is -0.377 e. The van der Waals surface area contributed by atoms with Crippen LogP contribution >= 0.6 is 0 Å². The number of hydrogen-bond acceptors (Lipinski definition) is 6. The third-order valence-electron chi connectivity index (χ3n) is 4.16. The van der Waals surface area contributed by atoms with Gasteiger partial charge in [-0.15, -0.1) is 0 Å². The van der Waals surface area contributed by atoms with Crippen molar-refractivity contribution in [1.82, 2.24) is 4.98 Å². The highest BCUT2D eigenvalue weighted by Gasteiger charge is 2.12. The predicted octanol–water partition coefficient (Wildman–Crippen LogP) is 4.16. The third kappa shape index (κ3) is 4.19. The standard InChI is InChI=1S/C20H18N4O3/c1-2-27-13-15-6-4-3-5-14(15)12-22-20-9-16(11-21)18-10-17(24(25)26)7-8-19(18)23-20/h3-10H,2,12-13H2,1H3,(H,22,23). The fraction of sp³-hybridized carbons (Fsp3) is 0.200. The number of nitrogens with zero attached hydrogens (tertiary/aromatic N) is 3. The van der Waals surface area contributed by atoms with Crippen LogP contribution in [-0.4, -0.2) is 16.5 Å². The first-order valence-corrected chi connectivity index (χ1v) is 8.50. The molecular weight excluding hydrogens is 344 g/mol. The summed E-state index contributed by atoms with van der Waals surface area (Å²) in [4.78, 5) is 14.9. The zero-order valence-electron chi connectivity index (χ0n) is 14.8. The average Bonchev–Trinajstić information content (AvgIpc) is 2.70. The van der Waals surface area contributed by atoms with E-state index in [2.05, 4.69) is 16.4 Å². The second-order valence-electron chi connectivity index (χ2n) is 5.88. The second-order valence-corrected chi connectivity index (χ2v) is 5.88. The first-order valence-electron chi connectivity index (χ1n) is 8.50. The molecule has 3 aromatic rings. The zero-order valence-corrected chi connectivity index (χ0v) is 14.8. The summed E-state index contributed by atoms with van der Waals surface area (Å²) in [6, 6.07) is 16.0. The lowest BCUT2D eigenvalue weighted by molar-refractivity contribution is -0.384. The van der Waals surface area contributed by atoms with Gasteiger partial charge in [-0.1, -0.05) is 24.3 Å². The molecule has 3 rings (SSSR count). The number of benzene rings is 2. The number of nitrogens with one attached hydrogen (secondary N) is 1. The first kappa shape index (κ1) is 18.3. The number of aromatic nitrogens is 1. The van der Waals surface area contributed by atoms with Crippen LogP contribution in [-0.2, 0) is 17.9 Å². The Bertz CT molecular complexity index is 1030. The Morgan fingerprint density at radius 3 is 2.70 bits per heavy atom. The first-order chi connectivity index (χ1) is 13.1. The number of hydrogen-bond donors (Lipinski definition) is 1. The molecule has 0 bridgehead atoms. The van der Waals surface area contributed by atoms with Crippen molar-refractivity contribution in [1.29, 1.82) is 5.26 Å². The minimum absolute atomic E-state index is 0.0636. The number of fused-ring (bicyclic) bond motifs is 1. The molecular formula is C20H18N4O3. The van der Waals surface area contributed by atoms with Crippen molar-refractivity contribution in [2.75, 3.05) is 11.9 Å². The van der Waals surface area contributed by atoms with Crippen molar-refractivity contribution < 1.29 is 9.66 Å². The zero-order chi connectivity index (χ0) is 19.2. The van der Waals surface area contributed by atoms with Gasteiger partial charge in [0.05, 0.1) is 28.7 Å². The van der Waals surface area contributed by atoms with Crippen molar-refractivity contribution in [2.24, 2.45) is 0 Å². The Balaban J connectivity index is 1.87. The summed E-state index contributed by atoms with van der Waals surface area (Å²) in [5, 5.41) is 24.1. The number of nitro benzene ring substituents is 1. The molecule has 1 N–H and O–H groups in total. The summed E-state index contributed by atoms with van der Waals surface area (Å²) < 4.78 is 5.50. The lowest BCUT2D eigenvalue weighted by Gasteiger charge is -2.12. The number of nitro groups is 1. The lowest BCUT2D eigenvalue weighted by Crippen LogP contribution is -2.06. The average molecular weight is 362 g/mol. The molecule has 0 aliphatic rings. The van der Waals surface area contributed by atoms with Gasteiger partial charge in [0.15, 0.2) is 0 Å². The molecule has 27 heavy (non-hydrogen) atoms. The van der Waals surface area contributed by atoms with Crippen LogP contribution in [0.5, 0.6) is 0 Å². The number of non-ortho nitro benzene ring substituents is 1. The van der Waals surface area contributed by atoms with Gasteiger partial charge in [-0.05, 0) is 30.2 Å². The number of anilines is 1. The van der Waals surface area contributed by atoms with Crippen molar-refractivity contribution in [3.8, 4) is 6.07 Å². The Morgan fingerprint density at radius 1 is 1.22 bits per heavy atom. The molecule has 0 aliphatic heterocycles. The molecule has 0 aliphatic carbocycles. The summed E-state index contributed by atoms with van der Waals surface area (Å²) >= 11 is 0. The number of ether oxygens (including phenoxy) is 1. The fourth-order valence-corrected chi connectivity index (χ4v) is 2.78. The Kier molecular flexibility index (Phi) is 5.59. The minimum atomic E-state index is -0.484. The number of pyridine rings is 1. The van der Waals surface area contributed by atoms with E-state index in [1.807, 2.05) is 31.2 Å². The molecule has 0 amide bonds. The molecule has 0 saturated carbocycles. The van der Waals surface area contributed by atoms with Crippen LogP contribution in [0.15, 0.2) is 48.5 Å². The van der Waals surface area contributed by atoms with E-state index in [1.165, 1.54) is 12.1 Å². The van der Waals surface area contributed by atoms with Crippen LogP contribution in [0.4, 0.5) is 11.5 Å². The van der Waals surface area contributed by atoms with E-state index in [0.29, 0.717) is 42.0 Å². The van der Waals surface area contributed by atoms with Gasteiger partial charge in [0.25, 0.3) is 5.69 Å². The van der Waals surface area contributed by atoms with Crippen molar-refractivity contribution >= 4 is 22.4 Å². The second kappa shape index (κ2) is 8.25. The molecule has 1 heterocycles. The summed E-state index contributed by atoms with van der Waals surface area (Å²) in [5.74, 6) is 0.541. The van der Waals surface area contributed by atoms with Gasteiger partial charge in [0, 0.05) is 30.7 Å². The molecule has 1 aromatic heterocycles. The third-order valence-corrected chi connectivity index (χ3v) is 4.16. The normalized spacial score (nSPS) is 10.5. The van der Waals surface area contributed by atoms with Gasteiger partial charge in [0.1, 0.15) is 5.82 Å². The highest BCUT2D eigenvalue weighted by molar-refractivity contribution is 5.88. The summed E-state index contributed by atoms with van der Waals surface area (Å²) in [7, 11) is 0. The Morgan fingerprint density at radius 2 is 2.00 bits per heavy atom. The van der Waals surface area contributed by atoms with Gasteiger partial charge in [-0.25, -0.2) is 4.98 Å². The van der Waals surface area contributed by atoms with E-state index in [9.17, 15) is 15.4 Å². The summed E-state index contributed by atoms with van der Waals surface area (Å²) in [6.07, 6.45) is 0. The topological polar surface area (TPSA) is 101 Å². The quantitative estimate of drug-likeness (QED) is 0.500. The van der Waals surface area contributed by atoms with Crippen LogP contribution in [0.2, 0.25) is 0 Å². The van der Waals surface area contributed by atoms with Crippen LogP contribution in [0.3, 0.4) is 0 Å². The van der Waals surface area contributed by atoms with E-state index >= 15 is 0 Å². The summed E-state index contributed by atoms with van der Waals surface area (Å²) in [6.45, 7) is 3.66. The maximum absolute atomic E-state index is 11.0. The van der Waals surface area contributed by atoms with E-state index in [4.69, 9.17) is 4.74 Å². The highest BCUT2D eigenvalue weighted by Crippen LogP contribution is 2.25. The molecule has 7 nitrogen and oxygen atoms in total. The molecule has 2 aromatic carbocycles. The largest absolute Gasteiger partial charge is 0.377 e. The summed E-state index contributed by atoms with van der Waals surface area (Å²) in [5.41, 5.74) is 2.98. The van der Waals surface area contributed by atoms with Gasteiger partial charge in [-0.2, -0.15) is 5.26 Å². The molecule has 0 spiro atoms.